The second-order valence-corrected chi connectivity index (χ2v) is 12.0. The highest BCUT2D eigenvalue weighted by molar-refractivity contribution is 9.10. The summed E-state index contributed by atoms with van der Waals surface area (Å²) in [5.74, 6) is -4.58. The number of rotatable bonds is 9. The largest absolute Gasteiger partial charge is 0.507 e. The number of hydrogen-bond donors (Lipinski definition) is 2. The first-order valence-corrected chi connectivity index (χ1v) is 15.4. The summed E-state index contributed by atoms with van der Waals surface area (Å²) in [4.78, 5) is 39.9. The van der Waals surface area contributed by atoms with E-state index in [9.17, 15) is 45.8 Å². The highest BCUT2D eigenvalue weighted by Crippen LogP contribution is 2.41. The molecule has 4 rings (SSSR count). The van der Waals surface area contributed by atoms with Gasteiger partial charge < -0.3 is 15.2 Å². The van der Waals surface area contributed by atoms with Crippen molar-refractivity contribution in [1.82, 2.24) is 9.88 Å². The number of nitrogens with zero attached hydrogens (tertiary/aromatic N) is 1. The van der Waals surface area contributed by atoms with E-state index in [0.717, 1.165) is 6.07 Å². The van der Waals surface area contributed by atoms with Gasteiger partial charge in [-0.15, -0.1) is 0 Å². The highest BCUT2D eigenvalue weighted by Gasteiger charge is 2.39. The second kappa shape index (κ2) is 14.6. The molecule has 49 heavy (non-hydrogen) atoms. The summed E-state index contributed by atoms with van der Waals surface area (Å²) in [7, 11) is 0. The summed E-state index contributed by atoms with van der Waals surface area (Å²) >= 11 is 9.09. The normalized spacial score (nSPS) is 13.1. The van der Waals surface area contributed by atoms with Crippen molar-refractivity contribution in [2.45, 2.75) is 44.7 Å². The maximum atomic E-state index is 15.9. The first-order chi connectivity index (χ1) is 22.8. The molecule has 0 aliphatic carbocycles. The number of carbonyl (C=O) groups excluding carboxylic acids is 2. The Hall–Kier alpha value is -4.37. The van der Waals surface area contributed by atoms with Gasteiger partial charge in [-0.25, -0.2) is 4.39 Å². The van der Waals surface area contributed by atoms with Crippen LogP contribution < -0.4 is 10.9 Å². The smallest absolute Gasteiger partial charge is 0.419 e. The van der Waals surface area contributed by atoms with Crippen LogP contribution in [0.2, 0.25) is 5.02 Å². The van der Waals surface area contributed by atoms with E-state index < -0.39 is 81.6 Å². The van der Waals surface area contributed by atoms with Crippen LogP contribution in [-0.4, -0.2) is 28.2 Å². The molecule has 3 aromatic carbocycles. The van der Waals surface area contributed by atoms with Crippen molar-refractivity contribution < 1.29 is 50.2 Å². The van der Waals surface area contributed by atoms with E-state index in [4.69, 9.17) is 16.3 Å². The molecule has 2 N–H and O–H groups in total. The summed E-state index contributed by atoms with van der Waals surface area (Å²) in [6.45, 7) is 2.73. The number of pyridine rings is 1. The van der Waals surface area contributed by atoms with E-state index in [-0.39, 0.29) is 29.4 Å². The van der Waals surface area contributed by atoms with Crippen molar-refractivity contribution >= 4 is 39.4 Å². The van der Waals surface area contributed by atoms with E-state index in [1.165, 1.54) is 56.3 Å². The van der Waals surface area contributed by atoms with Gasteiger partial charge in [-0.3, -0.25) is 19.0 Å². The number of hydrogen-bond acceptors (Lipinski definition) is 5. The second-order valence-electron chi connectivity index (χ2n) is 10.7. The maximum absolute atomic E-state index is 15.9. The van der Waals surface area contributed by atoms with Crippen LogP contribution in [0.15, 0.2) is 76.1 Å². The number of halogens is 9. The van der Waals surface area contributed by atoms with Crippen molar-refractivity contribution in [3.63, 3.8) is 0 Å². The summed E-state index contributed by atoms with van der Waals surface area (Å²) in [5, 5.41) is 11.9. The molecule has 1 aromatic heterocycles. The topological polar surface area (TPSA) is 97.6 Å². The number of aromatic nitrogens is 1. The number of esters is 1. The lowest BCUT2D eigenvalue weighted by molar-refractivity contribution is -0.144. The molecule has 7 nitrogen and oxygen atoms in total. The molecule has 0 spiro atoms. The van der Waals surface area contributed by atoms with Crippen LogP contribution in [0.25, 0.3) is 11.1 Å². The number of carbonyl (C=O) groups is 2. The molecular formula is C33H25BrClF7N2O5. The van der Waals surface area contributed by atoms with Crippen LogP contribution in [0.4, 0.5) is 30.7 Å². The molecule has 0 aliphatic rings. The number of aryl methyl sites for hydroxylation is 1. The van der Waals surface area contributed by atoms with Gasteiger partial charge in [-0.05, 0) is 60.9 Å². The number of aromatic hydroxyl groups is 1. The number of ether oxygens (including phenoxy) is 1. The Bertz CT molecular complexity index is 1940. The minimum atomic E-state index is -5.28. The van der Waals surface area contributed by atoms with Crippen LogP contribution in [0.3, 0.4) is 0 Å². The summed E-state index contributed by atoms with van der Waals surface area (Å²) < 4.78 is 105. The van der Waals surface area contributed by atoms with Gasteiger partial charge in [0.05, 0.1) is 35.2 Å². The van der Waals surface area contributed by atoms with Crippen LogP contribution in [-0.2, 0) is 26.7 Å². The fourth-order valence-electron chi connectivity index (χ4n) is 5.21. The SMILES string of the molecule is CCOC(=O)C[C@H](NC(=O)[C@@H](c1cccc(Br)c1)n1cc(Cl)c(C(F)(F)F)cc1=O)c1cc(-c2c(C)cccc2O)cc(C(F)(F)F)c1F. The van der Waals surface area contributed by atoms with Crippen LogP contribution in [0.1, 0.15) is 53.2 Å². The van der Waals surface area contributed by atoms with Crippen LogP contribution >= 0.6 is 27.5 Å². The zero-order valence-electron chi connectivity index (χ0n) is 25.3. The zero-order valence-corrected chi connectivity index (χ0v) is 27.7. The number of phenols is 1. The Labute approximate surface area is 287 Å². The Kier molecular flexibility index (Phi) is 11.2. The molecule has 0 bridgehead atoms. The number of nitrogens with one attached hydrogen (secondary N) is 1. The molecule has 1 heterocycles. The van der Waals surface area contributed by atoms with Gasteiger partial charge >= 0.3 is 18.3 Å². The number of benzene rings is 3. The fourth-order valence-corrected chi connectivity index (χ4v) is 5.89. The molecule has 0 unspecified atom stereocenters. The minimum Gasteiger partial charge on any atom is -0.507 e. The molecule has 0 saturated carbocycles. The predicted molar refractivity (Wildman–Crippen MR) is 168 cm³/mol. The fraction of sp³-hybridized carbons (Fsp3) is 0.242. The van der Waals surface area contributed by atoms with Gasteiger partial charge in [0.2, 0.25) is 5.91 Å². The number of amides is 1. The molecule has 0 saturated heterocycles. The Morgan fingerprint density at radius 3 is 2.24 bits per heavy atom. The van der Waals surface area contributed by atoms with Crippen LogP contribution in [0, 0.1) is 12.7 Å². The molecule has 0 fully saturated rings. The van der Waals surface area contributed by atoms with Crippen molar-refractivity contribution in [3.05, 3.63) is 120 Å². The minimum absolute atomic E-state index is 0.00489. The predicted octanol–water partition coefficient (Wildman–Crippen LogP) is 8.52. The van der Waals surface area contributed by atoms with E-state index in [0.29, 0.717) is 26.9 Å². The summed E-state index contributed by atoms with van der Waals surface area (Å²) in [6.07, 6.45) is -10.7. The van der Waals surface area contributed by atoms with Crippen molar-refractivity contribution in [2.75, 3.05) is 6.61 Å². The summed E-state index contributed by atoms with van der Waals surface area (Å²) in [5.41, 5.74) is -5.52. The van der Waals surface area contributed by atoms with E-state index >= 15 is 4.39 Å². The Morgan fingerprint density at radius 1 is 1.00 bits per heavy atom. The van der Waals surface area contributed by atoms with E-state index in [1.807, 2.05) is 0 Å². The van der Waals surface area contributed by atoms with Gasteiger partial charge in [0.15, 0.2) is 0 Å². The molecule has 1 amide bonds. The van der Waals surface area contributed by atoms with E-state index in [1.54, 1.807) is 0 Å². The summed E-state index contributed by atoms with van der Waals surface area (Å²) in [6, 6.07) is 7.59. The molecule has 260 valence electrons. The molecule has 16 heteroatoms. The van der Waals surface area contributed by atoms with Gasteiger partial charge in [-0.1, -0.05) is 51.8 Å². The van der Waals surface area contributed by atoms with Gasteiger partial charge in [-0.2, -0.15) is 26.3 Å². The highest BCUT2D eigenvalue weighted by atomic mass is 79.9. The molecule has 0 radical (unpaired) electrons. The lowest BCUT2D eigenvalue weighted by Gasteiger charge is -2.26. The van der Waals surface area contributed by atoms with Crippen LogP contribution in [0.5, 0.6) is 5.75 Å². The third-order valence-corrected chi connectivity index (χ3v) is 8.14. The lowest BCUT2D eigenvalue weighted by atomic mass is 9.91. The average molecular weight is 778 g/mol. The monoisotopic (exact) mass is 776 g/mol. The lowest BCUT2D eigenvalue weighted by Crippen LogP contribution is -2.40. The molecule has 0 aliphatic heterocycles. The quantitative estimate of drug-likeness (QED) is 0.131. The van der Waals surface area contributed by atoms with E-state index in [2.05, 4.69) is 21.2 Å². The van der Waals surface area contributed by atoms with Crippen molar-refractivity contribution in [3.8, 4) is 16.9 Å². The Balaban J connectivity index is 1.95. The van der Waals surface area contributed by atoms with Crippen molar-refractivity contribution in [1.29, 1.82) is 0 Å². The standard InChI is InChI=1S/C33H25BrClF7N2O5/c1-3-49-27(47)14-24(20-11-18(12-22(29(20)36)33(40,41)42)28-16(2)6-4-9-25(28)45)43-31(48)30(17-7-5-8-19(34)10-17)44-15-23(35)21(13-26(44)46)32(37,38)39/h4-13,15,24,30,45H,3,14H2,1-2H3,(H,43,48)/t24-,30+/m0/s1. The number of alkyl halides is 6. The van der Waals surface area contributed by atoms with Gasteiger partial charge in [0.25, 0.3) is 5.56 Å². The van der Waals surface area contributed by atoms with Gasteiger partial charge in [0.1, 0.15) is 17.6 Å². The molecule has 4 aromatic rings. The Morgan fingerprint density at radius 2 is 1.65 bits per heavy atom. The van der Waals surface area contributed by atoms with Crippen molar-refractivity contribution in [2.24, 2.45) is 0 Å². The average Bonchev–Trinajstić information content (AvgIpc) is 2.98. The molecular weight excluding hydrogens is 753 g/mol. The molecule has 2 atom stereocenters. The third-order valence-electron chi connectivity index (χ3n) is 7.34. The van der Waals surface area contributed by atoms with Gasteiger partial charge in [0, 0.05) is 27.9 Å². The number of phenolic OH excluding ortho intramolecular Hbond substituents is 1. The first kappa shape index (κ1) is 37.4. The third kappa shape index (κ3) is 8.44. The maximum Gasteiger partial charge on any atom is 0.419 e. The first-order valence-electron chi connectivity index (χ1n) is 14.2. The zero-order chi connectivity index (χ0) is 36.4.